The van der Waals surface area contributed by atoms with E-state index in [1.54, 1.807) is 11.9 Å². The Labute approximate surface area is 68.9 Å². The van der Waals surface area contributed by atoms with Crippen molar-refractivity contribution in [2.24, 2.45) is 5.92 Å². The quantitative estimate of drug-likeness (QED) is 0.524. The van der Waals surface area contributed by atoms with Crippen molar-refractivity contribution in [3.63, 3.8) is 0 Å². The fourth-order valence-electron chi connectivity index (χ4n) is 1.01. The molecule has 1 unspecified atom stereocenters. The van der Waals surface area contributed by atoms with Gasteiger partial charge >= 0.3 is 0 Å². The van der Waals surface area contributed by atoms with Crippen LogP contribution in [-0.4, -0.2) is 17.9 Å². The van der Waals surface area contributed by atoms with Crippen molar-refractivity contribution < 1.29 is 4.79 Å². The summed E-state index contributed by atoms with van der Waals surface area (Å²) in [6.45, 7) is 9.79. The molecule has 1 amide bonds. The highest BCUT2D eigenvalue weighted by Gasteiger charge is 2.26. The van der Waals surface area contributed by atoms with E-state index in [2.05, 4.69) is 6.58 Å². The van der Waals surface area contributed by atoms with E-state index in [0.29, 0.717) is 12.3 Å². The van der Waals surface area contributed by atoms with E-state index in [4.69, 9.17) is 0 Å². The molecule has 2 heteroatoms. The zero-order valence-corrected chi connectivity index (χ0v) is 7.85. The Morgan fingerprint density at radius 3 is 2.09 bits per heavy atom. The van der Waals surface area contributed by atoms with Crippen LogP contribution in [0.4, 0.5) is 0 Å². The van der Waals surface area contributed by atoms with Gasteiger partial charge in [-0.15, -0.1) is 0 Å². The molecular formula is C9H17NO. The number of amides is 1. The summed E-state index contributed by atoms with van der Waals surface area (Å²) in [5.41, 5.74) is 0.944. The van der Waals surface area contributed by atoms with Crippen LogP contribution < -0.4 is 0 Å². The van der Waals surface area contributed by atoms with Gasteiger partial charge in [0.15, 0.2) is 0 Å². The second-order valence-corrected chi connectivity index (χ2v) is 2.55. The van der Waals surface area contributed by atoms with Crippen LogP contribution in [0.5, 0.6) is 0 Å². The van der Waals surface area contributed by atoms with Crippen LogP contribution in [0.2, 0.25) is 0 Å². The number of nitrogens with zero attached hydrogens (tertiary/aromatic N) is 1. The molecule has 1 heterocycles. The maximum absolute atomic E-state index is 10.9. The van der Waals surface area contributed by atoms with E-state index < -0.39 is 0 Å². The van der Waals surface area contributed by atoms with Gasteiger partial charge in [-0.25, -0.2) is 0 Å². The minimum absolute atomic E-state index is 0.188. The molecule has 0 saturated carbocycles. The van der Waals surface area contributed by atoms with E-state index in [9.17, 15) is 4.79 Å². The SMILES string of the molecule is C=C1C(C)CC(=O)N1C.CC. The van der Waals surface area contributed by atoms with Crippen LogP contribution >= 0.6 is 0 Å². The minimum Gasteiger partial charge on any atom is -0.320 e. The third kappa shape index (κ3) is 2.07. The molecule has 64 valence electrons. The highest BCUT2D eigenvalue weighted by molar-refractivity contribution is 5.81. The topological polar surface area (TPSA) is 20.3 Å². The number of likely N-dealkylation sites (tertiary alicyclic amines) is 1. The number of hydrogen-bond acceptors (Lipinski definition) is 1. The maximum atomic E-state index is 10.9. The molecule has 0 aliphatic carbocycles. The molecule has 0 radical (unpaired) electrons. The van der Waals surface area contributed by atoms with Gasteiger partial charge in [0.25, 0.3) is 0 Å². The number of rotatable bonds is 0. The normalized spacial score (nSPS) is 23.3. The summed E-state index contributed by atoms with van der Waals surface area (Å²) in [6, 6.07) is 0. The number of carbonyl (C=O) groups excluding carboxylic acids is 1. The number of carbonyl (C=O) groups is 1. The zero-order chi connectivity index (χ0) is 9.02. The van der Waals surface area contributed by atoms with Crippen molar-refractivity contribution in [1.29, 1.82) is 0 Å². The van der Waals surface area contributed by atoms with Crippen molar-refractivity contribution in [3.05, 3.63) is 12.3 Å². The lowest BCUT2D eigenvalue weighted by molar-refractivity contribution is -0.125. The largest absolute Gasteiger partial charge is 0.320 e. The highest BCUT2D eigenvalue weighted by atomic mass is 16.2. The first-order valence-electron chi connectivity index (χ1n) is 4.08. The van der Waals surface area contributed by atoms with Gasteiger partial charge in [0.05, 0.1) is 0 Å². The second-order valence-electron chi connectivity index (χ2n) is 2.55. The third-order valence-corrected chi connectivity index (χ3v) is 1.85. The highest BCUT2D eigenvalue weighted by Crippen LogP contribution is 2.24. The van der Waals surface area contributed by atoms with Crippen molar-refractivity contribution in [2.45, 2.75) is 27.2 Å². The van der Waals surface area contributed by atoms with E-state index in [1.807, 2.05) is 20.8 Å². The van der Waals surface area contributed by atoms with Gasteiger partial charge in [0.2, 0.25) is 5.91 Å². The molecule has 0 aromatic heterocycles. The van der Waals surface area contributed by atoms with Crippen molar-refractivity contribution in [2.75, 3.05) is 7.05 Å². The molecule has 1 rings (SSSR count). The van der Waals surface area contributed by atoms with E-state index in [0.717, 1.165) is 5.70 Å². The molecule has 1 aliphatic heterocycles. The van der Waals surface area contributed by atoms with E-state index in [-0.39, 0.29) is 5.91 Å². The van der Waals surface area contributed by atoms with Crippen LogP contribution in [0.15, 0.2) is 12.3 Å². The molecule has 1 fully saturated rings. The molecule has 1 atom stereocenters. The summed E-state index contributed by atoms with van der Waals surface area (Å²) in [7, 11) is 1.77. The second kappa shape index (κ2) is 4.16. The molecule has 0 aromatic rings. The average molecular weight is 155 g/mol. The Morgan fingerprint density at radius 2 is 2.00 bits per heavy atom. The molecule has 11 heavy (non-hydrogen) atoms. The van der Waals surface area contributed by atoms with Crippen LogP contribution in [-0.2, 0) is 4.79 Å². The van der Waals surface area contributed by atoms with Gasteiger partial charge in [0.1, 0.15) is 0 Å². The van der Waals surface area contributed by atoms with Crippen molar-refractivity contribution in [3.8, 4) is 0 Å². The zero-order valence-electron chi connectivity index (χ0n) is 7.85. The van der Waals surface area contributed by atoms with Crippen LogP contribution in [0.25, 0.3) is 0 Å². The summed E-state index contributed by atoms with van der Waals surface area (Å²) >= 11 is 0. The predicted octanol–water partition coefficient (Wildman–Crippen LogP) is 2.02. The lowest BCUT2D eigenvalue weighted by Crippen LogP contribution is -2.16. The molecule has 2 nitrogen and oxygen atoms in total. The van der Waals surface area contributed by atoms with Gasteiger partial charge in [0, 0.05) is 25.1 Å². The fraction of sp³-hybridized carbons (Fsp3) is 0.667. The van der Waals surface area contributed by atoms with E-state index in [1.165, 1.54) is 0 Å². The van der Waals surface area contributed by atoms with Gasteiger partial charge in [-0.1, -0.05) is 27.4 Å². The van der Waals surface area contributed by atoms with Gasteiger partial charge < -0.3 is 4.90 Å². The van der Waals surface area contributed by atoms with Crippen molar-refractivity contribution in [1.82, 2.24) is 4.90 Å². The molecule has 0 spiro atoms. The summed E-state index contributed by atoms with van der Waals surface area (Å²) in [4.78, 5) is 12.5. The fourth-order valence-corrected chi connectivity index (χ4v) is 1.01. The first kappa shape index (κ1) is 10.2. The molecular weight excluding hydrogens is 138 g/mol. The smallest absolute Gasteiger partial charge is 0.227 e. The maximum Gasteiger partial charge on any atom is 0.227 e. The summed E-state index contributed by atoms with van der Waals surface area (Å²) in [6.07, 6.45) is 0.634. The lowest BCUT2D eigenvalue weighted by atomic mass is 10.1. The Balaban J connectivity index is 0.000000461. The number of allylic oxidation sites excluding steroid dienone is 1. The molecule has 0 bridgehead atoms. The lowest BCUT2D eigenvalue weighted by Gasteiger charge is -2.09. The molecule has 1 saturated heterocycles. The Morgan fingerprint density at radius 1 is 1.55 bits per heavy atom. The monoisotopic (exact) mass is 155 g/mol. The van der Waals surface area contributed by atoms with Crippen LogP contribution in [0.1, 0.15) is 27.2 Å². The van der Waals surface area contributed by atoms with Gasteiger partial charge in [-0.2, -0.15) is 0 Å². The minimum atomic E-state index is 0.188. The standard InChI is InChI=1S/C7H11NO.C2H6/c1-5-4-7(9)8(3)6(5)2;1-2/h5H,2,4H2,1,3H3;1-2H3. The first-order chi connectivity index (χ1) is 5.13. The number of hydrogen-bond donors (Lipinski definition) is 0. The van der Waals surface area contributed by atoms with Crippen LogP contribution in [0.3, 0.4) is 0 Å². The van der Waals surface area contributed by atoms with Gasteiger partial charge in [-0.3, -0.25) is 4.79 Å². The Kier molecular flexibility index (Phi) is 3.86. The van der Waals surface area contributed by atoms with Crippen LogP contribution in [0, 0.1) is 5.92 Å². The molecule has 0 aromatic carbocycles. The third-order valence-electron chi connectivity index (χ3n) is 1.85. The summed E-state index contributed by atoms with van der Waals surface area (Å²) < 4.78 is 0. The summed E-state index contributed by atoms with van der Waals surface area (Å²) in [5, 5.41) is 0. The summed E-state index contributed by atoms with van der Waals surface area (Å²) in [5.74, 6) is 0.537. The predicted molar refractivity (Wildman–Crippen MR) is 47.0 cm³/mol. The molecule has 1 aliphatic rings. The Hall–Kier alpha value is -0.790. The van der Waals surface area contributed by atoms with E-state index >= 15 is 0 Å². The van der Waals surface area contributed by atoms with Gasteiger partial charge in [-0.05, 0) is 0 Å². The van der Waals surface area contributed by atoms with Crippen molar-refractivity contribution >= 4 is 5.91 Å². The Bertz CT molecular complexity index is 163. The molecule has 0 N–H and O–H groups in total. The average Bonchev–Trinajstić information content (AvgIpc) is 2.22. The first-order valence-corrected chi connectivity index (χ1v) is 4.08.